The maximum atomic E-state index is 9.16. The summed E-state index contributed by atoms with van der Waals surface area (Å²) >= 11 is 0. The van der Waals surface area contributed by atoms with Crippen LogP contribution in [0.15, 0.2) is 0 Å². The maximum absolute atomic E-state index is 9.16. The van der Waals surface area contributed by atoms with Crippen molar-refractivity contribution in [3.63, 3.8) is 0 Å². The van der Waals surface area contributed by atoms with Gasteiger partial charge in [0.15, 0.2) is 0 Å². The summed E-state index contributed by atoms with van der Waals surface area (Å²) < 4.78 is 0. The van der Waals surface area contributed by atoms with Crippen molar-refractivity contribution in [1.82, 2.24) is 10.2 Å². The van der Waals surface area contributed by atoms with Gasteiger partial charge >= 0.3 is 0 Å². The zero-order valence-electron chi connectivity index (χ0n) is 10.3. The second kappa shape index (κ2) is 5.48. The first-order chi connectivity index (χ1) is 7.04. The molecule has 0 spiro atoms. The molecular formula is C12H23N3. The smallest absolute Gasteiger partial charge is 0.0744 e. The molecule has 3 heteroatoms. The lowest BCUT2D eigenvalue weighted by molar-refractivity contribution is 0.130. The van der Waals surface area contributed by atoms with Crippen LogP contribution < -0.4 is 5.32 Å². The lowest BCUT2D eigenvalue weighted by atomic mass is 9.92. The molecule has 1 fully saturated rings. The number of likely N-dealkylation sites (tertiary alicyclic amines) is 1. The van der Waals surface area contributed by atoms with Gasteiger partial charge in [0.25, 0.3) is 0 Å². The number of nitrogens with one attached hydrogen (secondary N) is 1. The molecule has 1 N–H and O–H groups in total. The van der Waals surface area contributed by atoms with E-state index < -0.39 is 0 Å². The molecule has 0 amide bonds. The minimum Gasteiger partial charge on any atom is -0.310 e. The first kappa shape index (κ1) is 12.5. The van der Waals surface area contributed by atoms with E-state index in [1.54, 1.807) is 0 Å². The van der Waals surface area contributed by atoms with Crippen LogP contribution in [-0.4, -0.2) is 36.1 Å². The van der Waals surface area contributed by atoms with Crippen LogP contribution in [0.2, 0.25) is 0 Å². The molecule has 1 saturated heterocycles. The van der Waals surface area contributed by atoms with Crippen LogP contribution in [0.25, 0.3) is 0 Å². The van der Waals surface area contributed by atoms with Crippen LogP contribution in [0.5, 0.6) is 0 Å². The SMILES string of the molecule is CC(C)NC1CCN(C(C)C)C[C@H]1C#N. The fourth-order valence-electron chi connectivity index (χ4n) is 2.20. The Kier molecular flexibility index (Phi) is 4.56. The Bertz CT molecular complexity index is 230. The molecule has 0 bridgehead atoms. The van der Waals surface area contributed by atoms with Crippen molar-refractivity contribution >= 4 is 0 Å². The Hall–Kier alpha value is -0.590. The normalized spacial score (nSPS) is 28.3. The van der Waals surface area contributed by atoms with E-state index in [-0.39, 0.29) is 5.92 Å². The standard InChI is InChI=1S/C12H23N3/c1-9(2)14-12-5-6-15(10(3)4)8-11(12)7-13/h9-12,14H,5-6,8H2,1-4H3/t11-,12?/m1/s1. The number of rotatable bonds is 3. The van der Waals surface area contributed by atoms with Gasteiger partial charge < -0.3 is 5.32 Å². The summed E-state index contributed by atoms with van der Waals surface area (Å²) in [6.45, 7) is 10.7. The average molecular weight is 209 g/mol. The zero-order valence-corrected chi connectivity index (χ0v) is 10.3. The fourth-order valence-corrected chi connectivity index (χ4v) is 2.20. The topological polar surface area (TPSA) is 39.1 Å². The van der Waals surface area contributed by atoms with Crippen molar-refractivity contribution in [3.05, 3.63) is 0 Å². The molecule has 0 aliphatic carbocycles. The van der Waals surface area contributed by atoms with Gasteiger partial charge in [0.05, 0.1) is 12.0 Å². The molecule has 1 heterocycles. The quantitative estimate of drug-likeness (QED) is 0.767. The third-order valence-electron chi connectivity index (χ3n) is 3.09. The predicted octanol–water partition coefficient (Wildman–Crippen LogP) is 1.61. The third-order valence-corrected chi connectivity index (χ3v) is 3.09. The summed E-state index contributed by atoms with van der Waals surface area (Å²) in [5.41, 5.74) is 0. The Balaban J connectivity index is 2.54. The van der Waals surface area contributed by atoms with Crippen molar-refractivity contribution < 1.29 is 0 Å². The molecule has 0 aromatic rings. The fraction of sp³-hybridized carbons (Fsp3) is 0.917. The van der Waals surface area contributed by atoms with Gasteiger partial charge in [-0.25, -0.2) is 0 Å². The van der Waals surface area contributed by atoms with Crippen LogP contribution >= 0.6 is 0 Å². The van der Waals surface area contributed by atoms with Gasteiger partial charge in [0.1, 0.15) is 0 Å². The molecule has 0 saturated carbocycles. The molecule has 2 atom stereocenters. The number of nitriles is 1. The van der Waals surface area contributed by atoms with Gasteiger partial charge in [-0.05, 0) is 26.8 Å². The highest BCUT2D eigenvalue weighted by Gasteiger charge is 2.30. The summed E-state index contributed by atoms with van der Waals surface area (Å²) in [6.07, 6.45) is 1.09. The molecular weight excluding hydrogens is 186 g/mol. The summed E-state index contributed by atoms with van der Waals surface area (Å²) in [5, 5.41) is 12.7. The molecule has 0 aromatic heterocycles. The number of hydrogen-bond acceptors (Lipinski definition) is 3. The second-order valence-corrected chi connectivity index (χ2v) is 5.04. The van der Waals surface area contributed by atoms with Crippen LogP contribution in [0.3, 0.4) is 0 Å². The average Bonchev–Trinajstić information content (AvgIpc) is 2.17. The number of nitrogens with zero attached hydrogens (tertiary/aromatic N) is 2. The molecule has 0 radical (unpaired) electrons. The molecule has 1 aliphatic heterocycles. The van der Waals surface area contributed by atoms with E-state index in [9.17, 15) is 0 Å². The monoisotopic (exact) mass is 209 g/mol. The van der Waals surface area contributed by atoms with Crippen molar-refractivity contribution in [1.29, 1.82) is 5.26 Å². The van der Waals surface area contributed by atoms with Gasteiger partial charge in [0.2, 0.25) is 0 Å². The number of hydrogen-bond donors (Lipinski definition) is 1. The largest absolute Gasteiger partial charge is 0.310 e. The minimum absolute atomic E-state index is 0.142. The molecule has 86 valence electrons. The summed E-state index contributed by atoms with van der Waals surface area (Å²) in [4.78, 5) is 2.40. The molecule has 0 aromatic carbocycles. The van der Waals surface area contributed by atoms with Crippen LogP contribution in [0.1, 0.15) is 34.1 Å². The lowest BCUT2D eigenvalue weighted by Gasteiger charge is -2.38. The second-order valence-electron chi connectivity index (χ2n) is 5.04. The Morgan fingerprint density at radius 2 is 2.00 bits per heavy atom. The highest BCUT2D eigenvalue weighted by molar-refractivity contribution is 4.98. The highest BCUT2D eigenvalue weighted by Crippen LogP contribution is 2.19. The van der Waals surface area contributed by atoms with Gasteiger partial charge in [-0.15, -0.1) is 0 Å². The minimum atomic E-state index is 0.142. The van der Waals surface area contributed by atoms with E-state index in [1.807, 2.05) is 0 Å². The van der Waals surface area contributed by atoms with Gasteiger partial charge in [-0.2, -0.15) is 5.26 Å². The maximum Gasteiger partial charge on any atom is 0.0744 e. The van der Waals surface area contributed by atoms with Crippen molar-refractivity contribution in [2.75, 3.05) is 13.1 Å². The van der Waals surface area contributed by atoms with E-state index in [2.05, 4.69) is 44.0 Å². The van der Waals surface area contributed by atoms with Crippen LogP contribution in [0.4, 0.5) is 0 Å². The van der Waals surface area contributed by atoms with Gasteiger partial charge in [-0.1, -0.05) is 13.8 Å². The van der Waals surface area contributed by atoms with E-state index >= 15 is 0 Å². The van der Waals surface area contributed by atoms with E-state index in [0.29, 0.717) is 18.1 Å². The van der Waals surface area contributed by atoms with E-state index in [1.165, 1.54) is 0 Å². The Labute approximate surface area is 93.5 Å². The lowest BCUT2D eigenvalue weighted by Crippen LogP contribution is -2.52. The zero-order chi connectivity index (χ0) is 11.4. The van der Waals surface area contributed by atoms with Crippen LogP contribution in [0, 0.1) is 17.2 Å². The van der Waals surface area contributed by atoms with Gasteiger partial charge in [-0.3, -0.25) is 4.90 Å². The first-order valence-electron chi connectivity index (χ1n) is 5.94. The summed E-state index contributed by atoms with van der Waals surface area (Å²) in [7, 11) is 0. The van der Waals surface area contributed by atoms with Crippen LogP contribution in [-0.2, 0) is 0 Å². The molecule has 1 aliphatic rings. The molecule has 1 rings (SSSR count). The summed E-state index contributed by atoms with van der Waals surface area (Å²) in [6, 6.07) is 3.84. The molecule has 3 nitrogen and oxygen atoms in total. The Morgan fingerprint density at radius 3 is 2.47 bits per heavy atom. The first-order valence-corrected chi connectivity index (χ1v) is 5.94. The van der Waals surface area contributed by atoms with E-state index in [0.717, 1.165) is 19.5 Å². The number of piperidine rings is 1. The predicted molar refractivity (Wildman–Crippen MR) is 62.5 cm³/mol. The summed E-state index contributed by atoms with van der Waals surface area (Å²) in [5.74, 6) is 0.142. The van der Waals surface area contributed by atoms with Crippen molar-refractivity contribution in [2.24, 2.45) is 5.92 Å². The third kappa shape index (κ3) is 3.48. The van der Waals surface area contributed by atoms with E-state index in [4.69, 9.17) is 5.26 Å². The van der Waals surface area contributed by atoms with Crippen molar-refractivity contribution in [2.45, 2.75) is 52.2 Å². The molecule has 15 heavy (non-hydrogen) atoms. The molecule has 1 unspecified atom stereocenters. The van der Waals surface area contributed by atoms with Gasteiger partial charge in [0, 0.05) is 24.7 Å². The van der Waals surface area contributed by atoms with Crippen molar-refractivity contribution in [3.8, 4) is 6.07 Å². The highest BCUT2D eigenvalue weighted by atomic mass is 15.2. The Morgan fingerprint density at radius 1 is 1.33 bits per heavy atom.